The van der Waals surface area contributed by atoms with E-state index in [2.05, 4.69) is 34.6 Å². The minimum atomic E-state index is 0.467. The molecule has 1 unspecified atom stereocenters. The smallest absolute Gasteiger partial charge is 0.00462 e. The van der Waals surface area contributed by atoms with Crippen molar-refractivity contribution in [3.8, 4) is 0 Å². The van der Waals surface area contributed by atoms with Crippen LogP contribution in [0.1, 0.15) is 47.5 Å². The van der Waals surface area contributed by atoms with Crippen LogP contribution in [0.3, 0.4) is 0 Å². The molecule has 0 aliphatic rings. The van der Waals surface area contributed by atoms with Gasteiger partial charge >= 0.3 is 0 Å². The lowest BCUT2D eigenvalue weighted by Crippen LogP contribution is -2.26. The molecule has 1 heteroatoms. The first-order valence-corrected chi connectivity index (χ1v) is 5.13. The van der Waals surface area contributed by atoms with E-state index in [1.807, 2.05) is 0 Å². The van der Waals surface area contributed by atoms with E-state index in [9.17, 15) is 0 Å². The number of hydrogen-bond acceptors (Lipinski definition) is 1. The van der Waals surface area contributed by atoms with Gasteiger partial charge in [0.05, 0.1) is 0 Å². The Hall–Kier alpha value is -0.0400. The van der Waals surface area contributed by atoms with Gasteiger partial charge in [0.25, 0.3) is 0 Å². The van der Waals surface area contributed by atoms with Crippen LogP contribution in [0, 0.1) is 17.3 Å². The van der Waals surface area contributed by atoms with Gasteiger partial charge in [0.1, 0.15) is 0 Å². The van der Waals surface area contributed by atoms with Crippen molar-refractivity contribution >= 4 is 0 Å². The molecule has 0 aliphatic carbocycles. The Morgan fingerprint density at radius 1 is 1.25 bits per heavy atom. The van der Waals surface area contributed by atoms with E-state index in [-0.39, 0.29) is 0 Å². The van der Waals surface area contributed by atoms with Crippen LogP contribution in [0.15, 0.2) is 0 Å². The van der Waals surface area contributed by atoms with Crippen molar-refractivity contribution in [2.75, 3.05) is 6.54 Å². The van der Waals surface area contributed by atoms with Gasteiger partial charge in [-0.3, -0.25) is 0 Å². The summed E-state index contributed by atoms with van der Waals surface area (Å²) in [6.07, 6.45) is 2.51. The van der Waals surface area contributed by atoms with Crippen molar-refractivity contribution in [2.45, 2.75) is 47.5 Å². The molecule has 0 aromatic heterocycles. The maximum atomic E-state index is 5.74. The molecule has 1 atom stereocenters. The SMILES string of the molecule is CCC(C)(C)CC(CN)C(C)C. The predicted octanol–water partition coefficient (Wildman–Crippen LogP) is 3.04. The molecule has 0 rings (SSSR count). The highest BCUT2D eigenvalue weighted by atomic mass is 14.6. The summed E-state index contributed by atoms with van der Waals surface area (Å²) in [7, 11) is 0. The standard InChI is InChI=1S/C11H25N/c1-6-11(4,5)7-10(8-12)9(2)3/h9-10H,6-8,12H2,1-5H3. The molecule has 0 heterocycles. The van der Waals surface area contributed by atoms with Gasteiger partial charge in [0, 0.05) is 0 Å². The first kappa shape index (κ1) is 12.0. The molecular formula is C11H25N. The van der Waals surface area contributed by atoms with Crippen molar-refractivity contribution in [1.82, 2.24) is 0 Å². The molecule has 0 saturated carbocycles. The van der Waals surface area contributed by atoms with Gasteiger partial charge < -0.3 is 5.73 Å². The van der Waals surface area contributed by atoms with Crippen molar-refractivity contribution < 1.29 is 0 Å². The lowest BCUT2D eigenvalue weighted by molar-refractivity contribution is 0.221. The maximum Gasteiger partial charge on any atom is -0.00462 e. The quantitative estimate of drug-likeness (QED) is 0.676. The third-order valence-corrected chi connectivity index (χ3v) is 3.02. The first-order valence-electron chi connectivity index (χ1n) is 5.13. The van der Waals surface area contributed by atoms with E-state index in [1.54, 1.807) is 0 Å². The third-order valence-electron chi connectivity index (χ3n) is 3.02. The topological polar surface area (TPSA) is 26.0 Å². The number of hydrogen-bond donors (Lipinski definition) is 1. The van der Waals surface area contributed by atoms with Gasteiger partial charge in [-0.05, 0) is 30.2 Å². The van der Waals surface area contributed by atoms with E-state index < -0.39 is 0 Å². The Morgan fingerprint density at radius 3 is 2.00 bits per heavy atom. The summed E-state index contributed by atoms with van der Waals surface area (Å²) in [6.45, 7) is 12.3. The summed E-state index contributed by atoms with van der Waals surface area (Å²) in [4.78, 5) is 0. The molecule has 1 nitrogen and oxygen atoms in total. The molecule has 0 amide bonds. The number of nitrogens with two attached hydrogens (primary N) is 1. The van der Waals surface area contributed by atoms with Crippen LogP contribution in [0.5, 0.6) is 0 Å². The highest BCUT2D eigenvalue weighted by Crippen LogP contribution is 2.31. The van der Waals surface area contributed by atoms with Crippen LogP contribution >= 0.6 is 0 Å². The number of rotatable bonds is 5. The minimum absolute atomic E-state index is 0.467. The lowest BCUT2D eigenvalue weighted by Gasteiger charge is -2.30. The Balaban J connectivity index is 4.01. The zero-order valence-corrected chi connectivity index (χ0v) is 9.35. The second kappa shape index (κ2) is 4.86. The molecule has 12 heavy (non-hydrogen) atoms. The molecule has 0 spiro atoms. The molecule has 0 radical (unpaired) electrons. The van der Waals surface area contributed by atoms with Gasteiger partial charge in [-0.15, -0.1) is 0 Å². The first-order chi connectivity index (χ1) is 5.43. The summed E-state index contributed by atoms with van der Waals surface area (Å²) in [6, 6.07) is 0. The van der Waals surface area contributed by atoms with Crippen LogP contribution in [-0.4, -0.2) is 6.54 Å². The Labute approximate surface area is 77.7 Å². The molecule has 0 aromatic rings. The van der Waals surface area contributed by atoms with E-state index in [4.69, 9.17) is 5.73 Å². The van der Waals surface area contributed by atoms with Crippen molar-refractivity contribution in [3.63, 3.8) is 0 Å². The van der Waals surface area contributed by atoms with E-state index in [1.165, 1.54) is 12.8 Å². The predicted molar refractivity (Wildman–Crippen MR) is 56.1 cm³/mol. The van der Waals surface area contributed by atoms with Crippen LogP contribution in [-0.2, 0) is 0 Å². The second-order valence-corrected chi connectivity index (χ2v) is 4.96. The van der Waals surface area contributed by atoms with E-state index in [0.717, 1.165) is 12.5 Å². The highest BCUT2D eigenvalue weighted by Gasteiger charge is 2.22. The molecule has 0 bridgehead atoms. The Bertz CT molecular complexity index is 116. The van der Waals surface area contributed by atoms with Crippen LogP contribution in [0.2, 0.25) is 0 Å². The maximum absolute atomic E-state index is 5.74. The largest absolute Gasteiger partial charge is 0.330 e. The van der Waals surface area contributed by atoms with E-state index in [0.29, 0.717) is 11.3 Å². The zero-order valence-electron chi connectivity index (χ0n) is 9.35. The lowest BCUT2D eigenvalue weighted by atomic mass is 9.77. The van der Waals surface area contributed by atoms with Gasteiger partial charge in [-0.2, -0.15) is 0 Å². The summed E-state index contributed by atoms with van der Waals surface area (Å²) in [5.41, 5.74) is 6.20. The summed E-state index contributed by atoms with van der Waals surface area (Å²) >= 11 is 0. The molecule has 0 saturated heterocycles. The van der Waals surface area contributed by atoms with Gasteiger partial charge in [0.2, 0.25) is 0 Å². The summed E-state index contributed by atoms with van der Waals surface area (Å²) in [5.74, 6) is 1.42. The van der Waals surface area contributed by atoms with Crippen molar-refractivity contribution in [3.05, 3.63) is 0 Å². The molecular weight excluding hydrogens is 146 g/mol. The Morgan fingerprint density at radius 2 is 1.75 bits per heavy atom. The monoisotopic (exact) mass is 171 g/mol. The average Bonchev–Trinajstić information content (AvgIpc) is 2.00. The Kier molecular flexibility index (Phi) is 4.84. The minimum Gasteiger partial charge on any atom is -0.330 e. The van der Waals surface area contributed by atoms with E-state index >= 15 is 0 Å². The fraction of sp³-hybridized carbons (Fsp3) is 1.00. The van der Waals surface area contributed by atoms with Gasteiger partial charge in [-0.1, -0.05) is 41.0 Å². The summed E-state index contributed by atoms with van der Waals surface area (Å²) < 4.78 is 0. The van der Waals surface area contributed by atoms with Crippen molar-refractivity contribution in [2.24, 2.45) is 23.0 Å². The van der Waals surface area contributed by atoms with Crippen LogP contribution < -0.4 is 5.73 Å². The molecule has 74 valence electrons. The summed E-state index contributed by atoms with van der Waals surface area (Å²) in [5, 5.41) is 0. The van der Waals surface area contributed by atoms with Crippen molar-refractivity contribution in [1.29, 1.82) is 0 Å². The average molecular weight is 171 g/mol. The molecule has 0 aromatic carbocycles. The normalized spacial score (nSPS) is 15.2. The third kappa shape index (κ3) is 4.10. The molecule has 0 aliphatic heterocycles. The highest BCUT2D eigenvalue weighted by molar-refractivity contribution is 4.74. The zero-order chi connectivity index (χ0) is 9.78. The van der Waals surface area contributed by atoms with Gasteiger partial charge in [-0.25, -0.2) is 0 Å². The fourth-order valence-corrected chi connectivity index (χ4v) is 1.45. The van der Waals surface area contributed by atoms with Gasteiger partial charge in [0.15, 0.2) is 0 Å². The van der Waals surface area contributed by atoms with Crippen LogP contribution in [0.4, 0.5) is 0 Å². The fourth-order valence-electron chi connectivity index (χ4n) is 1.45. The molecule has 0 fully saturated rings. The second-order valence-electron chi connectivity index (χ2n) is 4.96. The van der Waals surface area contributed by atoms with Crippen LogP contribution in [0.25, 0.3) is 0 Å². The molecule has 2 N–H and O–H groups in total.